The molecule has 4 nitrogen and oxygen atoms in total. The number of rotatable bonds is 5. The molecule has 1 N–H and O–H groups in total. The lowest BCUT2D eigenvalue weighted by Crippen LogP contribution is -2.49. The highest BCUT2D eigenvalue weighted by atomic mass is 16.7. The lowest BCUT2D eigenvalue weighted by atomic mass is 9.77. The van der Waals surface area contributed by atoms with Gasteiger partial charge in [0.1, 0.15) is 0 Å². The average Bonchev–Trinajstić information content (AvgIpc) is 3.14. The summed E-state index contributed by atoms with van der Waals surface area (Å²) in [7, 11) is 1.36. The highest BCUT2D eigenvalue weighted by Gasteiger charge is 2.52. The van der Waals surface area contributed by atoms with Crippen molar-refractivity contribution in [1.82, 2.24) is 0 Å². The molecule has 0 spiro atoms. The van der Waals surface area contributed by atoms with Crippen LogP contribution >= 0.6 is 0 Å². The van der Waals surface area contributed by atoms with E-state index in [0.717, 1.165) is 10.9 Å². The number of allylic oxidation sites excluding steroid dienone is 1. The maximum absolute atomic E-state index is 10.4. The number of fused-ring (bicyclic) bond motifs is 3. The van der Waals surface area contributed by atoms with Gasteiger partial charge in [0.15, 0.2) is 0 Å². The zero-order valence-corrected chi connectivity index (χ0v) is 22.3. The Hall–Kier alpha value is -1.85. The van der Waals surface area contributed by atoms with Crippen molar-refractivity contribution >= 4 is 31.1 Å². The molecule has 1 saturated heterocycles. The Morgan fingerprint density at radius 3 is 1.91 bits per heavy atom. The summed E-state index contributed by atoms with van der Waals surface area (Å²) in [5.74, 6) is 0. The van der Waals surface area contributed by atoms with Crippen LogP contribution in [0.25, 0.3) is 16.7 Å². The normalized spacial score (nSPS) is 18.7. The second-order valence-corrected chi connectivity index (χ2v) is 11.9. The van der Waals surface area contributed by atoms with Crippen LogP contribution in [0, 0.1) is 0 Å². The van der Waals surface area contributed by atoms with Gasteiger partial charge in [-0.1, -0.05) is 47.4 Å². The van der Waals surface area contributed by atoms with Gasteiger partial charge in [0.2, 0.25) is 0 Å². The minimum atomic E-state index is -0.967. The van der Waals surface area contributed by atoms with E-state index in [0.29, 0.717) is 0 Å². The lowest BCUT2D eigenvalue weighted by Gasteiger charge is -2.37. The largest absolute Gasteiger partial charge is 0.494 e. The quantitative estimate of drug-likeness (QED) is 0.566. The summed E-state index contributed by atoms with van der Waals surface area (Å²) >= 11 is 0. The van der Waals surface area contributed by atoms with Crippen molar-refractivity contribution in [3.63, 3.8) is 0 Å². The second kappa shape index (κ2) is 8.09. The Kier molecular flexibility index (Phi) is 6.01. The molecule has 179 valence electrons. The van der Waals surface area contributed by atoms with Gasteiger partial charge in [0, 0.05) is 0 Å². The van der Waals surface area contributed by atoms with Crippen molar-refractivity contribution in [2.45, 2.75) is 91.6 Å². The molecular formula is C28H37B2O4. The van der Waals surface area contributed by atoms with Crippen LogP contribution in [0.2, 0.25) is 0 Å². The molecule has 34 heavy (non-hydrogen) atoms. The minimum absolute atomic E-state index is 0.374. The molecule has 6 heteroatoms. The number of aliphatic hydroxyl groups is 1. The predicted octanol–water partition coefficient (Wildman–Crippen LogP) is 4.62. The van der Waals surface area contributed by atoms with Crippen LogP contribution in [0.15, 0.2) is 42.0 Å². The van der Waals surface area contributed by atoms with E-state index in [1.54, 1.807) is 21.3 Å². The Morgan fingerprint density at radius 1 is 0.853 bits per heavy atom. The molecule has 0 atom stereocenters. The topological polar surface area (TPSA) is 47.9 Å². The SMILES string of the molecule is CC(C)=C1c2cc([B]OC(C)(C)C(C)(C)O)ccc2-c2ccc(B3OC(C)(C)C(C)(C)O3)cc21. The summed E-state index contributed by atoms with van der Waals surface area (Å²) in [5, 5.41) is 10.4. The van der Waals surface area contributed by atoms with Crippen molar-refractivity contribution in [2.24, 2.45) is 0 Å². The first-order valence-corrected chi connectivity index (χ1v) is 12.1. The summed E-state index contributed by atoms with van der Waals surface area (Å²) < 4.78 is 18.6. The van der Waals surface area contributed by atoms with Crippen LogP contribution in [-0.2, 0) is 14.0 Å². The van der Waals surface area contributed by atoms with Crippen LogP contribution in [0.4, 0.5) is 0 Å². The summed E-state index contributed by atoms with van der Waals surface area (Å²) in [5.41, 5.74) is 6.89. The highest BCUT2D eigenvalue weighted by molar-refractivity contribution is 6.62. The third-order valence-electron chi connectivity index (χ3n) is 7.90. The third-order valence-corrected chi connectivity index (χ3v) is 7.90. The van der Waals surface area contributed by atoms with E-state index in [2.05, 4.69) is 77.9 Å². The van der Waals surface area contributed by atoms with Gasteiger partial charge in [0.05, 0.1) is 22.4 Å². The molecule has 0 bridgehead atoms. The van der Waals surface area contributed by atoms with Gasteiger partial charge in [-0.15, -0.1) is 0 Å². The third kappa shape index (κ3) is 4.19. The molecular weight excluding hydrogens is 422 g/mol. The summed E-state index contributed by atoms with van der Waals surface area (Å²) in [6, 6.07) is 12.9. The molecule has 1 radical (unpaired) electrons. The van der Waals surface area contributed by atoms with Crippen LogP contribution in [0.3, 0.4) is 0 Å². The molecule has 4 rings (SSSR count). The van der Waals surface area contributed by atoms with E-state index < -0.39 is 18.3 Å². The number of hydrogen-bond acceptors (Lipinski definition) is 4. The van der Waals surface area contributed by atoms with Gasteiger partial charge in [-0.2, -0.15) is 0 Å². The van der Waals surface area contributed by atoms with Gasteiger partial charge >= 0.3 is 14.6 Å². The van der Waals surface area contributed by atoms with Crippen molar-refractivity contribution in [3.8, 4) is 11.1 Å². The van der Waals surface area contributed by atoms with E-state index in [-0.39, 0.29) is 11.2 Å². The van der Waals surface area contributed by atoms with Crippen molar-refractivity contribution in [1.29, 1.82) is 0 Å². The minimum Gasteiger partial charge on any atom is -0.427 e. The van der Waals surface area contributed by atoms with Gasteiger partial charge in [-0.25, -0.2) is 0 Å². The van der Waals surface area contributed by atoms with Crippen LogP contribution in [0.5, 0.6) is 0 Å². The van der Waals surface area contributed by atoms with Gasteiger partial charge in [-0.05, 0) is 103 Å². The number of benzene rings is 2. The smallest absolute Gasteiger partial charge is 0.427 e. The van der Waals surface area contributed by atoms with Crippen molar-refractivity contribution < 1.29 is 19.1 Å². The van der Waals surface area contributed by atoms with E-state index in [1.165, 1.54) is 33.4 Å². The Labute approximate surface area is 206 Å². The van der Waals surface area contributed by atoms with E-state index in [1.807, 2.05) is 13.8 Å². The highest BCUT2D eigenvalue weighted by Crippen LogP contribution is 2.45. The Morgan fingerprint density at radius 2 is 1.38 bits per heavy atom. The van der Waals surface area contributed by atoms with Crippen LogP contribution < -0.4 is 10.9 Å². The lowest BCUT2D eigenvalue weighted by molar-refractivity contribution is -0.0893. The first-order valence-electron chi connectivity index (χ1n) is 12.1. The van der Waals surface area contributed by atoms with Crippen molar-refractivity contribution in [2.75, 3.05) is 0 Å². The van der Waals surface area contributed by atoms with Crippen molar-refractivity contribution in [3.05, 3.63) is 53.1 Å². The molecule has 0 unspecified atom stereocenters. The Bertz CT molecular complexity index is 1140. The molecule has 0 saturated carbocycles. The maximum atomic E-state index is 10.4. The van der Waals surface area contributed by atoms with Gasteiger partial charge in [0.25, 0.3) is 0 Å². The summed E-state index contributed by atoms with van der Waals surface area (Å²) in [4.78, 5) is 0. The zero-order chi connectivity index (χ0) is 25.3. The fourth-order valence-electron chi connectivity index (χ4n) is 4.25. The fraction of sp³-hybridized carbons (Fsp3) is 0.500. The summed E-state index contributed by atoms with van der Waals surface area (Å²) in [6.07, 6.45) is 0. The van der Waals surface area contributed by atoms with E-state index in [9.17, 15) is 5.11 Å². The number of hydrogen-bond donors (Lipinski definition) is 1. The van der Waals surface area contributed by atoms with Crippen LogP contribution in [0.1, 0.15) is 80.4 Å². The van der Waals surface area contributed by atoms with Gasteiger partial charge in [-0.3, -0.25) is 0 Å². The first-order chi connectivity index (χ1) is 15.5. The molecule has 2 aromatic rings. The van der Waals surface area contributed by atoms with E-state index >= 15 is 0 Å². The monoisotopic (exact) mass is 459 g/mol. The van der Waals surface area contributed by atoms with E-state index in [4.69, 9.17) is 14.0 Å². The molecule has 2 aliphatic rings. The Balaban J connectivity index is 1.67. The molecule has 0 aromatic heterocycles. The zero-order valence-electron chi connectivity index (χ0n) is 22.3. The average molecular weight is 459 g/mol. The molecule has 1 heterocycles. The molecule has 0 amide bonds. The fourth-order valence-corrected chi connectivity index (χ4v) is 4.25. The first kappa shape index (κ1) is 25.2. The maximum Gasteiger partial charge on any atom is 0.494 e. The standard InChI is InChI=1S/C28H37B2O4/c1-17(2)24-22-15-18(29-32-26(5,6)25(3,4)31)11-13-20(22)21-14-12-19(16-23(21)24)30-33-27(7,8)28(9,10)34-30/h11-16,31H,1-10H3. The molecule has 1 fully saturated rings. The predicted molar refractivity (Wildman–Crippen MR) is 142 cm³/mol. The van der Waals surface area contributed by atoms with Gasteiger partial charge < -0.3 is 19.1 Å². The second-order valence-electron chi connectivity index (χ2n) is 11.9. The molecule has 1 aliphatic carbocycles. The van der Waals surface area contributed by atoms with Crippen LogP contribution in [-0.4, -0.2) is 42.1 Å². The summed E-state index contributed by atoms with van der Waals surface area (Å²) in [6.45, 7) is 19.9. The molecule has 2 aromatic carbocycles. The molecule has 1 aliphatic heterocycles.